The van der Waals surface area contributed by atoms with Gasteiger partial charge in [-0.1, -0.05) is 42.5 Å². The number of hydrogen-bond donors (Lipinski definition) is 1. The highest BCUT2D eigenvalue weighted by Crippen LogP contribution is 2.37. The highest BCUT2D eigenvalue weighted by molar-refractivity contribution is 6.25. The van der Waals surface area contributed by atoms with E-state index < -0.39 is 6.10 Å². The Morgan fingerprint density at radius 3 is 2.55 bits per heavy atom. The molecule has 112 valence electrons. The lowest BCUT2D eigenvalue weighted by Gasteiger charge is -2.11. The standard InChI is InChI=1S/C18H17NO3/c1-19-18-15(13-9-6-10-14(11-13)21-2)16(20)17(22-18)12-7-4-3-5-8-12/h3-11,17,19H,1-2H3. The second-order valence-corrected chi connectivity index (χ2v) is 4.96. The van der Waals surface area contributed by atoms with Crippen molar-refractivity contribution in [3.63, 3.8) is 0 Å². The number of carbonyl (C=O) groups is 1. The van der Waals surface area contributed by atoms with Gasteiger partial charge < -0.3 is 14.8 Å². The highest BCUT2D eigenvalue weighted by Gasteiger charge is 2.36. The summed E-state index contributed by atoms with van der Waals surface area (Å²) in [6.45, 7) is 0. The summed E-state index contributed by atoms with van der Waals surface area (Å²) in [6.07, 6.45) is -0.607. The molecule has 4 nitrogen and oxygen atoms in total. The first kappa shape index (κ1) is 14.2. The SMILES string of the molecule is CNC1=C(c2cccc(OC)c2)C(=O)C(c2ccccc2)O1. The Kier molecular flexibility index (Phi) is 3.83. The molecule has 0 aliphatic carbocycles. The second kappa shape index (κ2) is 5.93. The Hall–Kier alpha value is -2.75. The number of ketones is 1. The number of ether oxygens (including phenoxy) is 2. The summed E-state index contributed by atoms with van der Waals surface area (Å²) in [5.41, 5.74) is 2.18. The van der Waals surface area contributed by atoms with E-state index in [4.69, 9.17) is 9.47 Å². The molecule has 0 fully saturated rings. The molecule has 1 N–H and O–H groups in total. The zero-order valence-electron chi connectivity index (χ0n) is 12.5. The van der Waals surface area contributed by atoms with Crippen molar-refractivity contribution in [3.05, 3.63) is 71.6 Å². The lowest BCUT2D eigenvalue weighted by molar-refractivity contribution is -0.120. The van der Waals surface area contributed by atoms with Crippen molar-refractivity contribution in [1.82, 2.24) is 5.32 Å². The van der Waals surface area contributed by atoms with Gasteiger partial charge in [0.2, 0.25) is 5.78 Å². The van der Waals surface area contributed by atoms with Gasteiger partial charge in [-0.05, 0) is 17.7 Å². The first-order chi connectivity index (χ1) is 10.7. The molecule has 4 heteroatoms. The van der Waals surface area contributed by atoms with Crippen molar-refractivity contribution in [2.45, 2.75) is 6.10 Å². The summed E-state index contributed by atoms with van der Waals surface area (Å²) < 4.78 is 11.1. The predicted molar refractivity (Wildman–Crippen MR) is 84.2 cm³/mol. The maximum absolute atomic E-state index is 12.8. The molecule has 1 atom stereocenters. The van der Waals surface area contributed by atoms with Crippen LogP contribution in [0.15, 0.2) is 60.5 Å². The summed E-state index contributed by atoms with van der Waals surface area (Å²) in [6, 6.07) is 16.9. The van der Waals surface area contributed by atoms with Gasteiger partial charge in [-0.15, -0.1) is 0 Å². The van der Waals surface area contributed by atoms with Gasteiger partial charge in [0.05, 0.1) is 12.7 Å². The van der Waals surface area contributed by atoms with Crippen LogP contribution >= 0.6 is 0 Å². The highest BCUT2D eigenvalue weighted by atomic mass is 16.5. The first-order valence-corrected chi connectivity index (χ1v) is 7.07. The molecule has 0 amide bonds. The molecular weight excluding hydrogens is 278 g/mol. The molecule has 0 saturated carbocycles. The smallest absolute Gasteiger partial charge is 0.213 e. The number of rotatable bonds is 4. The van der Waals surface area contributed by atoms with Gasteiger partial charge in [0.15, 0.2) is 12.0 Å². The van der Waals surface area contributed by atoms with E-state index in [0.29, 0.717) is 17.2 Å². The topological polar surface area (TPSA) is 47.6 Å². The third kappa shape index (κ3) is 2.44. The van der Waals surface area contributed by atoms with E-state index in [1.807, 2.05) is 54.6 Å². The largest absolute Gasteiger partial charge is 0.497 e. The van der Waals surface area contributed by atoms with Crippen molar-refractivity contribution in [2.75, 3.05) is 14.2 Å². The fourth-order valence-electron chi connectivity index (χ4n) is 2.56. The molecule has 0 bridgehead atoms. The summed E-state index contributed by atoms with van der Waals surface area (Å²) in [4.78, 5) is 12.8. The molecule has 3 rings (SSSR count). The second-order valence-electron chi connectivity index (χ2n) is 4.96. The first-order valence-electron chi connectivity index (χ1n) is 7.07. The van der Waals surface area contributed by atoms with Crippen molar-refractivity contribution in [3.8, 4) is 5.75 Å². The molecular formula is C18H17NO3. The van der Waals surface area contributed by atoms with Crippen LogP contribution in [0.2, 0.25) is 0 Å². The van der Waals surface area contributed by atoms with Crippen LogP contribution in [-0.2, 0) is 9.53 Å². The monoisotopic (exact) mass is 295 g/mol. The third-order valence-corrected chi connectivity index (χ3v) is 3.64. The molecule has 0 spiro atoms. The molecule has 1 heterocycles. The molecule has 0 aromatic heterocycles. The lowest BCUT2D eigenvalue weighted by Crippen LogP contribution is -2.10. The van der Waals surface area contributed by atoms with Crippen LogP contribution < -0.4 is 10.1 Å². The van der Waals surface area contributed by atoms with Gasteiger partial charge in [-0.3, -0.25) is 4.79 Å². The van der Waals surface area contributed by atoms with E-state index in [2.05, 4.69) is 5.32 Å². The van der Waals surface area contributed by atoms with Crippen LogP contribution in [0.25, 0.3) is 5.57 Å². The number of Topliss-reactive ketones (excluding diaryl/α,β-unsaturated/α-hetero) is 1. The summed E-state index contributed by atoms with van der Waals surface area (Å²) in [7, 11) is 3.35. The number of methoxy groups -OCH3 is 1. The van der Waals surface area contributed by atoms with E-state index in [1.165, 1.54) is 0 Å². The van der Waals surface area contributed by atoms with Crippen LogP contribution in [-0.4, -0.2) is 19.9 Å². The Morgan fingerprint density at radius 1 is 1.09 bits per heavy atom. The minimum Gasteiger partial charge on any atom is -0.497 e. The number of nitrogens with one attached hydrogen (secondary N) is 1. The maximum Gasteiger partial charge on any atom is 0.213 e. The Morgan fingerprint density at radius 2 is 1.86 bits per heavy atom. The van der Waals surface area contributed by atoms with Crippen LogP contribution in [0.1, 0.15) is 17.2 Å². The van der Waals surface area contributed by atoms with E-state index in [0.717, 1.165) is 11.1 Å². The normalized spacial score (nSPS) is 17.4. The van der Waals surface area contributed by atoms with E-state index >= 15 is 0 Å². The number of hydrogen-bond acceptors (Lipinski definition) is 4. The zero-order chi connectivity index (χ0) is 15.5. The van der Waals surface area contributed by atoms with E-state index in [9.17, 15) is 4.79 Å². The average molecular weight is 295 g/mol. The molecule has 0 radical (unpaired) electrons. The maximum atomic E-state index is 12.8. The molecule has 22 heavy (non-hydrogen) atoms. The molecule has 0 saturated heterocycles. The van der Waals surface area contributed by atoms with Gasteiger partial charge >= 0.3 is 0 Å². The van der Waals surface area contributed by atoms with Crippen molar-refractivity contribution < 1.29 is 14.3 Å². The van der Waals surface area contributed by atoms with Gasteiger partial charge in [-0.2, -0.15) is 0 Å². The van der Waals surface area contributed by atoms with Gasteiger partial charge in [0.1, 0.15) is 5.75 Å². The van der Waals surface area contributed by atoms with Crippen LogP contribution in [0.5, 0.6) is 5.75 Å². The van der Waals surface area contributed by atoms with E-state index in [1.54, 1.807) is 14.2 Å². The van der Waals surface area contributed by atoms with Gasteiger partial charge in [-0.25, -0.2) is 0 Å². The minimum absolute atomic E-state index is 0.0520. The summed E-state index contributed by atoms with van der Waals surface area (Å²) in [5.74, 6) is 1.15. The molecule has 2 aromatic carbocycles. The average Bonchev–Trinajstić information content (AvgIpc) is 2.92. The predicted octanol–water partition coefficient (Wildman–Crippen LogP) is 2.92. The molecule has 1 aliphatic heterocycles. The Bertz CT molecular complexity index is 722. The Labute approximate surface area is 129 Å². The van der Waals surface area contributed by atoms with E-state index in [-0.39, 0.29) is 5.78 Å². The summed E-state index contributed by atoms with van der Waals surface area (Å²) in [5, 5.41) is 2.98. The molecule has 1 unspecified atom stereocenters. The number of carbonyl (C=O) groups excluding carboxylic acids is 1. The third-order valence-electron chi connectivity index (χ3n) is 3.64. The van der Waals surface area contributed by atoms with Gasteiger partial charge in [0.25, 0.3) is 0 Å². The fraction of sp³-hybridized carbons (Fsp3) is 0.167. The number of benzene rings is 2. The van der Waals surface area contributed by atoms with Gasteiger partial charge in [0, 0.05) is 12.6 Å². The lowest BCUT2D eigenvalue weighted by atomic mass is 9.97. The van der Waals surface area contributed by atoms with Crippen LogP contribution in [0.3, 0.4) is 0 Å². The van der Waals surface area contributed by atoms with Crippen LogP contribution in [0, 0.1) is 0 Å². The fourth-order valence-corrected chi connectivity index (χ4v) is 2.56. The molecule has 2 aromatic rings. The quantitative estimate of drug-likeness (QED) is 0.942. The Balaban J connectivity index is 2.00. The van der Waals surface area contributed by atoms with Crippen LogP contribution in [0.4, 0.5) is 0 Å². The zero-order valence-corrected chi connectivity index (χ0v) is 12.5. The molecule has 1 aliphatic rings. The van der Waals surface area contributed by atoms with Crippen molar-refractivity contribution in [1.29, 1.82) is 0 Å². The summed E-state index contributed by atoms with van der Waals surface area (Å²) >= 11 is 0. The minimum atomic E-state index is -0.607. The van der Waals surface area contributed by atoms with Crippen molar-refractivity contribution >= 4 is 11.4 Å². The van der Waals surface area contributed by atoms with Crippen molar-refractivity contribution in [2.24, 2.45) is 0 Å².